The Morgan fingerprint density at radius 3 is 2.67 bits per heavy atom. The van der Waals surface area contributed by atoms with E-state index in [1.165, 1.54) is 53.9 Å². The van der Waals surface area contributed by atoms with E-state index in [1.54, 1.807) is 7.11 Å². The van der Waals surface area contributed by atoms with Crippen molar-refractivity contribution in [3.05, 3.63) is 40.7 Å². The Morgan fingerprint density at radius 1 is 1.17 bits per heavy atom. The number of rotatable bonds is 6. The van der Waals surface area contributed by atoms with E-state index in [2.05, 4.69) is 42.3 Å². The molecule has 0 N–H and O–H groups in total. The first-order valence-corrected chi connectivity index (χ1v) is 11.4. The molecule has 1 fully saturated rings. The van der Waals surface area contributed by atoms with Crippen molar-refractivity contribution in [1.29, 1.82) is 0 Å². The third-order valence-electron chi connectivity index (χ3n) is 6.89. The molecule has 2 aromatic heterocycles. The van der Waals surface area contributed by atoms with Crippen LogP contribution >= 0.6 is 0 Å². The Bertz CT molecular complexity index is 1100. The fourth-order valence-corrected chi connectivity index (χ4v) is 5.17. The van der Waals surface area contributed by atoms with Crippen LogP contribution in [0.4, 0.5) is 5.82 Å². The molecule has 3 aromatic rings. The van der Waals surface area contributed by atoms with E-state index in [-0.39, 0.29) is 0 Å². The van der Waals surface area contributed by atoms with Crippen LogP contribution in [0.5, 0.6) is 5.75 Å². The highest BCUT2D eigenvalue weighted by Crippen LogP contribution is 2.40. The van der Waals surface area contributed by atoms with E-state index in [0.29, 0.717) is 6.04 Å². The van der Waals surface area contributed by atoms with E-state index >= 15 is 0 Å². The maximum Gasteiger partial charge on any atom is 0.165 e. The summed E-state index contributed by atoms with van der Waals surface area (Å²) < 4.78 is 7.60. The van der Waals surface area contributed by atoms with E-state index in [0.717, 1.165) is 48.5 Å². The van der Waals surface area contributed by atoms with Gasteiger partial charge in [0.2, 0.25) is 0 Å². The molecule has 2 aliphatic rings. The molecule has 5 rings (SSSR count). The van der Waals surface area contributed by atoms with Crippen molar-refractivity contribution in [2.24, 2.45) is 0 Å². The van der Waals surface area contributed by atoms with Crippen molar-refractivity contribution in [2.75, 3.05) is 18.6 Å². The fourth-order valence-electron chi connectivity index (χ4n) is 5.17. The number of anilines is 1. The van der Waals surface area contributed by atoms with Gasteiger partial charge in [0, 0.05) is 29.4 Å². The highest BCUT2D eigenvalue weighted by molar-refractivity contribution is 5.83. The lowest BCUT2D eigenvalue weighted by atomic mass is 9.91. The number of ether oxygens (including phenoxy) is 1. The summed E-state index contributed by atoms with van der Waals surface area (Å²) in [7, 11) is 1.72. The zero-order valence-electron chi connectivity index (χ0n) is 18.7. The van der Waals surface area contributed by atoms with Crippen LogP contribution in [0.15, 0.2) is 18.2 Å². The quantitative estimate of drug-likeness (QED) is 0.561. The number of methoxy groups -OCH3 is 1. The summed E-state index contributed by atoms with van der Waals surface area (Å²) in [6.07, 6.45) is 8.48. The average molecular weight is 405 g/mol. The van der Waals surface area contributed by atoms with Gasteiger partial charge in [-0.1, -0.05) is 13.0 Å². The van der Waals surface area contributed by atoms with Gasteiger partial charge in [0.15, 0.2) is 5.65 Å². The molecule has 0 bridgehead atoms. The first kappa shape index (κ1) is 19.4. The molecule has 1 saturated carbocycles. The van der Waals surface area contributed by atoms with Crippen LogP contribution in [0, 0.1) is 13.8 Å². The Morgan fingerprint density at radius 2 is 2.00 bits per heavy atom. The summed E-state index contributed by atoms with van der Waals surface area (Å²) >= 11 is 0. The number of hydrogen-bond donors (Lipinski definition) is 0. The number of fused-ring (bicyclic) bond motifs is 2. The molecule has 158 valence electrons. The van der Waals surface area contributed by atoms with Crippen molar-refractivity contribution in [3.63, 3.8) is 0 Å². The Balaban J connectivity index is 1.75. The Kier molecular flexibility index (Phi) is 4.92. The Hall–Kier alpha value is -2.56. The molecule has 0 spiro atoms. The zero-order valence-corrected chi connectivity index (χ0v) is 18.7. The van der Waals surface area contributed by atoms with Crippen LogP contribution in [0.3, 0.4) is 0 Å². The van der Waals surface area contributed by atoms with E-state index in [4.69, 9.17) is 14.8 Å². The molecular formula is C25H32N4O. The normalized spacial score (nSPS) is 16.0. The van der Waals surface area contributed by atoms with Crippen molar-refractivity contribution in [1.82, 2.24) is 14.6 Å². The summed E-state index contributed by atoms with van der Waals surface area (Å²) in [4.78, 5) is 7.84. The van der Waals surface area contributed by atoms with Crippen LogP contribution in [0.1, 0.15) is 61.5 Å². The topological polar surface area (TPSA) is 42.7 Å². The first-order chi connectivity index (χ1) is 14.6. The molecule has 0 atom stereocenters. The summed E-state index contributed by atoms with van der Waals surface area (Å²) in [6.45, 7) is 7.64. The van der Waals surface area contributed by atoms with Gasteiger partial charge >= 0.3 is 0 Å². The average Bonchev–Trinajstić information content (AvgIpc) is 3.28. The monoisotopic (exact) mass is 404 g/mol. The number of benzene rings is 1. The van der Waals surface area contributed by atoms with Gasteiger partial charge in [0.1, 0.15) is 11.6 Å². The summed E-state index contributed by atoms with van der Waals surface area (Å²) in [5.41, 5.74) is 8.33. The molecule has 0 radical (unpaired) electrons. The van der Waals surface area contributed by atoms with E-state index in [9.17, 15) is 0 Å². The zero-order chi connectivity index (χ0) is 20.8. The van der Waals surface area contributed by atoms with Crippen LogP contribution in [-0.2, 0) is 12.8 Å². The lowest BCUT2D eigenvalue weighted by Crippen LogP contribution is -2.42. The van der Waals surface area contributed by atoms with E-state index < -0.39 is 0 Å². The van der Waals surface area contributed by atoms with Gasteiger partial charge in [-0.05, 0) is 82.1 Å². The maximum atomic E-state index is 5.43. The molecule has 0 aliphatic heterocycles. The lowest BCUT2D eigenvalue weighted by molar-refractivity contribution is 0.381. The molecule has 5 heteroatoms. The van der Waals surface area contributed by atoms with Crippen molar-refractivity contribution >= 4 is 11.5 Å². The molecule has 0 amide bonds. The fraction of sp³-hybridized carbons (Fsp3) is 0.520. The second-order valence-corrected chi connectivity index (χ2v) is 8.87. The molecule has 0 saturated heterocycles. The number of nitrogens with zero attached hydrogens (tertiary/aromatic N) is 4. The molecule has 1 aromatic carbocycles. The summed E-state index contributed by atoms with van der Waals surface area (Å²) in [6, 6.07) is 6.94. The standard InChI is InChI=1S/C25H32N4O/c1-5-14-28(18-8-6-9-18)25-21-10-7-11-22(21)26-24-23(17(3)27-29(24)25)20-13-12-19(30-4)15-16(20)2/h12-13,15,18H,5-11,14H2,1-4H3. The predicted octanol–water partition coefficient (Wildman–Crippen LogP) is 5.28. The predicted molar refractivity (Wildman–Crippen MR) is 122 cm³/mol. The highest BCUT2D eigenvalue weighted by atomic mass is 16.5. The number of aryl methyl sites for hydroxylation is 3. The second kappa shape index (κ2) is 7.60. The third-order valence-corrected chi connectivity index (χ3v) is 6.89. The summed E-state index contributed by atoms with van der Waals surface area (Å²) in [5.74, 6) is 2.21. The number of hydrogen-bond acceptors (Lipinski definition) is 4. The third kappa shape index (κ3) is 2.98. The van der Waals surface area contributed by atoms with Crippen molar-refractivity contribution in [2.45, 2.75) is 71.8 Å². The molecule has 0 unspecified atom stereocenters. The van der Waals surface area contributed by atoms with Crippen molar-refractivity contribution in [3.8, 4) is 16.9 Å². The molecule has 2 aliphatic carbocycles. The Labute approximate surface area is 179 Å². The van der Waals surface area contributed by atoms with Gasteiger partial charge < -0.3 is 9.64 Å². The van der Waals surface area contributed by atoms with Gasteiger partial charge in [-0.2, -0.15) is 9.61 Å². The van der Waals surface area contributed by atoms with Crippen LogP contribution in [-0.4, -0.2) is 34.3 Å². The van der Waals surface area contributed by atoms with Gasteiger partial charge in [-0.25, -0.2) is 4.98 Å². The molecule has 2 heterocycles. The lowest BCUT2D eigenvalue weighted by Gasteiger charge is -2.40. The van der Waals surface area contributed by atoms with Crippen LogP contribution in [0.2, 0.25) is 0 Å². The molecular weight excluding hydrogens is 372 g/mol. The summed E-state index contributed by atoms with van der Waals surface area (Å²) in [5, 5.41) is 5.08. The van der Waals surface area contributed by atoms with Gasteiger partial charge in [-0.15, -0.1) is 0 Å². The van der Waals surface area contributed by atoms with Crippen molar-refractivity contribution < 1.29 is 4.74 Å². The second-order valence-electron chi connectivity index (χ2n) is 8.87. The minimum atomic E-state index is 0.649. The molecule has 5 nitrogen and oxygen atoms in total. The SMILES string of the molecule is CCCN(c1c2c(nc3c(-c4ccc(OC)cc4C)c(C)nn13)CCC2)C1CCC1. The van der Waals surface area contributed by atoms with Crippen LogP contribution in [0.25, 0.3) is 16.8 Å². The number of aromatic nitrogens is 3. The minimum absolute atomic E-state index is 0.649. The largest absolute Gasteiger partial charge is 0.497 e. The van der Waals surface area contributed by atoms with E-state index in [1.807, 2.05) is 6.07 Å². The highest BCUT2D eigenvalue weighted by Gasteiger charge is 2.32. The molecule has 30 heavy (non-hydrogen) atoms. The minimum Gasteiger partial charge on any atom is -0.497 e. The van der Waals surface area contributed by atoms with Crippen LogP contribution < -0.4 is 9.64 Å². The first-order valence-electron chi connectivity index (χ1n) is 11.4. The van der Waals surface area contributed by atoms with Gasteiger partial charge in [0.25, 0.3) is 0 Å². The van der Waals surface area contributed by atoms with Gasteiger partial charge in [-0.3, -0.25) is 0 Å². The maximum absolute atomic E-state index is 5.43. The smallest absolute Gasteiger partial charge is 0.165 e. The van der Waals surface area contributed by atoms with Gasteiger partial charge in [0.05, 0.1) is 12.8 Å².